The molecule has 6 heteroatoms. The van der Waals surface area contributed by atoms with Gasteiger partial charge in [0.1, 0.15) is 0 Å². The van der Waals surface area contributed by atoms with Crippen molar-refractivity contribution in [3.63, 3.8) is 0 Å². The zero-order valence-corrected chi connectivity index (χ0v) is 12.1. The third-order valence-corrected chi connectivity index (χ3v) is 3.18. The number of aromatic nitrogens is 2. The van der Waals surface area contributed by atoms with Crippen molar-refractivity contribution in [3.05, 3.63) is 17.5 Å². The van der Waals surface area contributed by atoms with E-state index in [0.717, 1.165) is 18.8 Å². The molecule has 1 saturated heterocycles. The lowest BCUT2D eigenvalue weighted by atomic mass is 10.1. The molecule has 102 valence electrons. The van der Waals surface area contributed by atoms with E-state index in [1.807, 2.05) is 24.9 Å². The third kappa shape index (κ3) is 3.03. The summed E-state index contributed by atoms with van der Waals surface area (Å²) >= 11 is 0. The second kappa shape index (κ2) is 5.71. The Kier molecular flexibility index (Phi) is 4.76. The lowest BCUT2D eigenvalue weighted by Gasteiger charge is -2.35. The maximum Gasteiger partial charge on any atom is 0.274 e. The topological polar surface area (TPSA) is 50.2 Å². The maximum absolute atomic E-state index is 12.3. The molecule has 1 aliphatic heterocycles. The SMILES string of the molecule is Cc1cc(C(=O)N2CC(C)NC(C)C2)nn1C.Cl. The molecule has 0 bridgehead atoms. The van der Waals surface area contributed by atoms with Crippen molar-refractivity contribution >= 4 is 18.3 Å². The summed E-state index contributed by atoms with van der Waals surface area (Å²) in [5, 5.41) is 7.65. The lowest BCUT2D eigenvalue weighted by molar-refractivity contribution is 0.0667. The first kappa shape index (κ1) is 15.0. The monoisotopic (exact) mass is 272 g/mol. The summed E-state index contributed by atoms with van der Waals surface area (Å²) in [5.41, 5.74) is 1.55. The molecule has 0 spiro atoms. The smallest absolute Gasteiger partial charge is 0.274 e. The van der Waals surface area contributed by atoms with E-state index in [1.54, 1.807) is 4.68 Å². The highest BCUT2D eigenvalue weighted by Crippen LogP contribution is 2.10. The van der Waals surface area contributed by atoms with Crippen molar-refractivity contribution in [2.75, 3.05) is 13.1 Å². The van der Waals surface area contributed by atoms with E-state index >= 15 is 0 Å². The second-order valence-electron chi connectivity index (χ2n) is 4.97. The van der Waals surface area contributed by atoms with Crippen LogP contribution < -0.4 is 5.32 Å². The Hall–Kier alpha value is -1.07. The van der Waals surface area contributed by atoms with Gasteiger partial charge < -0.3 is 10.2 Å². The number of aryl methyl sites for hydroxylation is 2. The number of hydrogen-bond acceptors (Lipinski definition) is 3. The maximum atomic E-state index is 12.3. The number of rotatable bonds is 1. The average Bonchev–Trinajstić information content (AvgIpc) is 2.57. The molecular weight excluding hydrogens is 252 g/mol. The molecule has 1 N–H and O–H groups in total. The minimum Gasteiger partial charge on any atom is -0.334 e. The van der Waals surface area contributed by atoms with Crippen LogP contribution in [0.1, 0.15) is 30.0 Å². The van der Waals surface area contributed by atoms with Crippen molar-refractivity contribution in [3.8, 4) is 0 Å². The molecule has 2 rings (SSSR count). The molecule has 0 saturated carbocycles. The van der Waals surface area contributed by atoms with Gasteiger partial charge in [-0.2, -0.15) is 5.10 Å². The van der Waals surface area contributed by atoms with Gasteiger partial charge in [0, 0.05) is 37.9 Å². The Labute approximate surface area is 114 Å². The Morgan fingerprint density at radius 3 is 2.39 bits per heavy atom. The van der Waals surface area contributed by atoms with Crippen molar-refractivity contribution in [2.45, 2.75) is 32.9 Å². The van der Waals surface area contributed by atoms with Gasteiger partial charge >= 0.3 is 0 Å². The predicted molar refractivity (Wildman–Crippen MR) is 73.2 cm³/mol. The molecule has 2 unspecified atom stereocenters. The first-order valence-corrected chi connectivity index (χ1v) is 6.03. The summed E-state index contributed by atoms with van der Waals surface area (Å²) in [5.74, 6) is 0.0360. The van der Waals surface area contributed by atoms with Gasteiger partial charge in [0.05, 0.1) is 0 Å². The normalized spacial score (nSPS) is 23.7. The lowest BCUT2D eigenvalue weighted by Crippen LogP contribution is -2.55. The highest BCUT2D eigenvalue weighted by Gasteiger charge is 2.26. The van der Waals surface area contributed by atoms with E-state index in [1.165, 1.54) is 0 Å². The van der Waals surface area contributed by atoms with Gasteiger partial charge in [0.15, 0.2) is 5.69 Å². The Bertz CT molecular complexity index is 402. The van der Waals surface area contributed by atoms with Crippen LogP contribution >= 0.6 is 12.4 Å². The average molecular weight is 273 g/mol. The van der Waals surface area contributed by atoms with E-state index in [-0.39, 0.29) is 18.3 Å². The Morgan fingerprint density at radius 2 is 1.94 bits per heavy atom. The first-order chi connectivity index (χ1) is 7.97. The van der Waals surface area contributed by atoms with Crippen LogP contribution in [0.4, 0.5) is 0 Å². The molecule has 0 aliphatic carbocycles. The minimum atomic E-state index is 0. The summed E-state index contributed by atoms with van der Waals surface area (Å²) in [7, 11) is 1.86. The van der Waals surface area contributed by atoms with Crippen LogP contribution in [0.15, 0.2) is 6.07 Å². The number of hydrogen-bond donors (Lipinski definition) is 1. The second-order valence-corrected chi connectivity index (χ2v) is 4.97. The Morgan fingerprint density at radius 1 is 1.39 bits per heavy atom. The molecule has 18 heavy (non-hydrogen) atoms. The number of carbonyl (C=O) groups is 1. The molecule has 1 aromatic heterocycles. The van der Waals surface area contributed by atoms with Gasteiger partial charge in [0.25, 0.3) is 5.91 Å². The van der Waals surface area contributed by atoms with Crippen LogP contribution in [0, 0.1) is 6.92 Å². The van der Waals surface area contributed by atoms with Crippen LogP contribution in [0.3, 0.4) is 0 Å². The fraction of sp³-hybridized carbons (Fsp3) is 0.667. The van der Waals surface area contributed by atoms with Crippen LogP contribution in [0.25, 0.3) is 0 Å². The minimum absolute atomic E-state index is 0. The summed E-state index contributed by atoms with van der Waals surface area (Å²) < 4.78 is 1.74. The fourth-order valence-electron chi connectivity index (χ4n) is 2.32. The van der Waals surface area contributed by atoms with Crippen molar-refractivity contribution in [1.29, 1.82) is 0 Å². The predicted octanol–water partition coefficient (Wildman–Crippen LogP) is 0.973. The number of carbonyl (C=O) groups excluding carboxylic acids is 1. The third-order valence-electron chi connectivity index (χ3n) is 3.18. The van der Waals surface area contributed by atoms with Gasteiger partial charge in [-0.15, -0.1) is 12.4 Å². The zero-order chi connectivity index (χ0) is 12.6. The summed E-state index contributed by atoms with van der Waals surface area (Å²) in [6.45, 7) is 7.64. The molecule has 2 heterocycles. The number of amides is 1. The molecule has 1 aromatic rings. The van der Waals surface area contributed by atoms with Crippen molar-refractivity contribution < 1.29 is 4.79 Å². The molecular formula is C12H21ClN4O. The van der Waals surface area contributed by atoms with Gasteiger partial charge in [-0.25, -0.2) is 0 Å². The standard InChI is InChI=1S/C12H20N4O.ClH/c1-8-6-16(7-9(2)13-8)12(17)11-5-10(3)15(4)14-11;/h5,8-9,13H,6-7H2,1-4H3;1H. The van der Waals surface area contributed by atoms with Crippen LogP contribution in [-0.2, 0) is 7.05 Å². The Balaban J connectivity index is 0.00000162. The molecule has 5 nitrogen and oxygen atoms in total. The summed E-state index contributed by atoms with van der Waals surface area (Å²) in [4.78, 5) is 14.2. The van der Waals surface area contributed by atoms with E-state index in [2.05, 4.69) is 24.3 Å². The molecule has 1 amide bonds. The largest absolute Gasteiger partial charge is 0.334 e. The summed E-state index contributed by atoms with van der Waals surface area (Å²) in [6, 6.07) is 2.53. The number of piperazine rings is 1. The highest BCUT2D eigenvalue weighted by atomic mass is 35.5. The summed E-state index contributed by atoms with van der Waals surface area (Å²) in [6.07, 6.45) is 0. The molecule has 1 aliphatic rings. The van der Waals surface area contributed by atoms with E-state index < -0.39 is 0 Å². The fourth-order valence-corrected chi connectivity index (χ4v) is 2.32. The van der Waals surface area contributed by atoms with Gasteiger partial charge in [-0.1, -0.05) is 0 Å². The molecule has 2 atom stereocenters. The zero-order valence-electron chi connectivity index (χ0n) is 11.3. The van der Waals surface area contributed by atoms with Gasteiger partial charge in [-0.05, 0) is 26.8 Å². The van der Waals surface area contributed by atoms with Crippen LogP contribution in [-0.4, -0.2) is 45.8 Å². The van der Waals surface area contributed by atoms with E-state index in [0.29, 0.717) is 17.8 Å². The number of halogens is 1. The molecule has 1 fully saturated rings. The van der Waals surface area contributed by atoms with Gasteiger partial charge in [0.2, 0.25) is 0 Å². The van der Waals surface area contributed by atoms with Crippen molar-refractivity contribution in [1.82, 2.24) is 20.0 Å². The molecule has 0 aromatic carbocycles. The van der Waals surface area contributed by atoms with Crippen LogP contribution in [0.5, 0.6) is 0 Å². The quantitative estimate of drug-likeness (QED) is 0.829. The molecule has 0 radical (unpaired) electrons. The van der Waals surface area contributed by atoms with Crippen molar-refractivity contribution in [2.24, 2.45) is 7.05 Å². The highest BCUT2D eigenvalue weighted by molar-refractivity contribution is 5.92. The van der Waals surface area contributed by atoms with E-state index in [4.69, 9.17) is 0 Å². The van der Waals surface area contributed by atoms with Gasteiger partial charge in [-0.3, -0.25) is 9.48 Å². The number of nitrogens with one attached hydrogen (secondary N) is 1. The van der Waals surface area contributed by atoms with E-state index in [9.17, 15) is 4.79 Å². The number of nitrogens with zero attached hydrogens (tertiary/aromatic N) is 3. The first-order valence-electron chi connectivity index (χ1n) is 6.03. The van der Waals surface area contributed by atoms with Crippen LogP contribution in [0.2, 0.25) is 0 Å².